The molecule has 3 rings (SSSR count). The second-order valence-electron chi connectivity index (χ2n) is 6.66. The zero-order chi connectivity index (χ0) is 17.8. The van der Waals surface area contributed by atoms with Gasteiger partial charge in [-0.3, -0.25) is 9.69 Å². The third-order valence-corrected chi connectivity index (χ3v) is 5.01. The number of methoxy groups -OCH3 is 1. The van der Waals surface area contributed by atoms with Crippen LogP contribution >= 0.6 is 0 Å². The number of carboxylic acid groups (broad SMARTS) is 1. The first-order valence-electron chi connectivity index (χ1n) is 8.80. The third-order valence-electron chi connectivity index (χ3n) is 5.01. The third kappa shape index (κ3) is 3.85. The predicted molar refractivity (Wildman–Crippen MR) is 98.9 cm³/mol. The summed E-state index contributed by atoms with van der Waals surface area (Å²) in [6.07, 6.45) is 2.74. The van der Waals surface area contributed by atoms with E-state index in [1.54, 1.807) is 7.11 Å². The van der Waals surface area contributed by atoms with Crippen molar-refractivity contribution in [2.45, 2.75) is 38.8 Å². The molecule has 25 heavy (non-hydrogen) atoms. The monoisotopic (exact) mass is 339 g/mol. The number of rotatable bonds is 5. The molecule has 4 nitrogen and oxygen atoms in total. The van der Waals surface area contributed by atoms with Crippen LogP contribution in [0.1, 0.15) is 30.4 Å². The van der Waals surface area contributed by atoms with Gasteiger partial charge in [-0.2, -0.15) is 0 Å². The van der Waals surface area contributed by atoms with Crippen LogP contribution < -0.4 is 4.74 Å². The molecule has 1 heterocycles. The molecule has 1 unspecified atom stereocenters. The maximum Gasteiger partial charge on any atom is 0.320 e. The first-order chi connectivity index (χ1) is 12.1. The summed E-state index contributed by atoms with van der Waals surface area (Å²) in [6.45, 7) is 3.51. The van der Waals surface area contributed by atoms with E-state index in [0.29, 0.717) is 6.54 Å². The topological polar surface area (TPSA) is 49.8 Å². The maximum atomic E-state index is 11.6. The van der Waals surface area contributed by atoms with Gasteiger partial charge in [-0.15, -0.1) is 0 Å². The molecule has 2 aromatic rings. The number of piperidine rings is 1. The Kier molecular flexibility index (Phi) is 5.39. The van der Waals surface area contributed by atoms with Gasteiger partial charge in [0.25, 0.3) is 0 Å². The largest absolute Gasteiger partial charge is 0.496 e. The molecule has 0 aliphatic carbocycles. The lowest BCUT2D eigenvalue weighted by molar-refractivity contribution is -0.144. The van der Waals surface area contributed by atoms with Crippen molar-refractivity contribution in [3.05, 3.63) is 53.6 Å². The molecular formula is C21H25NO3. The summed E-state index contributed by atoms with van der Waals surface area (Å²) in [5, 5.41) is 9.51. The predicted octanol–water partition coefficient (Wildman–Crippen LogP) is 4.11. The van der Waals surface area contributed by atoms with Crippen LogP contribution in [0.5, 0.6) is 5.75 Å². The molecular weight excluding hydrogens is 314 g/mol. The van der Waals surface area contributed by atoms with Crippen LogP contribution in [0, 0.1) is 6.92 Å². The number of benzene rings is 2. The Bertz CT molecular complexity index is 757. The van der Waals surface area contributed by atoms with Gasteiger partial charge in [0.05, 0.1) is 7.11 Å². The van der Waals surface area contributed by atoms with E-state index in [1.165, 1.54) is 11.1 Å². The van der Waals surface area contributed by atoms with Crippen LogP contribution in [-0.2, 0) is 11.3 Å². The van der Waals surface area contributed by atoms with E-state index < -0.39 is 12.0 Å². The van der Waals surface area contributed by atoms with Gasteiger partial charge in [0, 0.05) is 12.1 Å². The summed E-state index contributed by atoms with van der Waals surface area (Å²) < 4.78 is 5.53. The number of nitrogens with zero attached hydrogens (tertiary/aromatic N) is 1. The number of aliphatic carboxylic acids is 1. The molecule has 4 heteroatoms. The van der Waals surface area contributed by atoms with Crippen molar-refractivity contribution < 1.29 is 14.6 Å². The number of carbonyl (C=O) groups is 1. The van der Waals surface area contributed by atoms with Crippen molar-refractivity contribution in [1.29, 1.82) is 0 Å². The lowest BCUT2D eigenvalue weighted by atomic mass is 9.97. The summed E-state index contributed by atoms with van der Waals surface area (Å²) in [6, 6.07) is 14.1. The molecule has 1 fully saturated rings. The van der Waals surface area contributed by atoms with E-state index in [9.17, 15) is 9.90 Å². The fourth-order valence-electron chi connectivity index (χ4n) is 3.65. The second kappa shape index (κ2) is 7.70. The molecule has 0 spiro atoms. The Labute approximate surface area is 149 Å². The van der Waals surface area contributed by atoms with Crippen molar-refractivity contribution >= 4 is 5.97 Å². The van der Waals surface area contributed by atoms with Crippen molar-refractivity contribution in [1.82, 2.24) is 4.90 Å². The van der Waals surface area contributed by atoms with Gasteiger partial charge in [0.2, 0.25) is 0 Å². The first kappa shape index (κ1) is 17.5. The van der Waals surface area contributed by atoms with E-state index in [-0.39, 0.29) is 0 Å². The molecule has 1 atom stereocenters. The van der Waals surface area contributed by atoms with Gasteiger partial charge in [-0.1, -0.05) is 36.8 Å². The first-order valence-corrected chi connectivity index (χ1v) is 8.80. The number of hydrogen-bond acceptors (Lipinski definition) is 3. The standard InChI is InChI=1S/C21H25NO3/c1-15-7-3-4-8-18(15)16-10-11-20(25-2)17(13-16)14-22-12-6-5-9-19(22)21(23)24/h3-4,7-8,10-11,13,19H,5-6,9,12,14H2,1-2H3,(H,23,24). The molecule has 132 valence electrons. The van der Waals surface area contributed by atoms with Gasteiger partial charge < -0.3 is 9.84 Å². The molecule has 0 saturated carbocycles. The van der Waals surface area contributed by atoms with Crippen molar-refractivity contribution in [2.24, 2.45) is 0 Å². The van der Waals surface area contributed by atoms with Crippen molar-refractivity contribution in [3.8, 4) is 16.9 Å². The fourth-order valence-corrected chi connectivity index (χ4v) is 3.65. The SMILES string of the molecule is COc1ccc(-c2ccccc2C)cc1CN1CCCCC1C(=O)O. The van der Waals surface area contributed by atoms with Gasteiger partial charge in [-0.25, -0.2) is 0 Å². The minimum atomic E-state index is -0.728. The molecule has 1 N–H and O–H groups in total. The fraction of sp³-hybridized carbons (Fsp3) is 0.381. The molecule has 0 amide bonds. The minimum Gasteiger partial charge on any atom is -0.496 e. The number of aryl methyl sites for hydroxylation is 1. The lowest BCUT2D eigenvalue weighted by Crippen LogP contribution is -2.44. The van der Waals surface area contributed by atoms with E-state index in [0.717, 1.165) is 42.7 Å². The highest BCUT2D eigenvalue weighted by Gasteiger charge is 2.29. The molecule has 1 saturated heterocycles. The molecule has 1 aliphatic heterocycles. The van der Waals surface area contributed by atoms with Crippen LogP contribution in [-0.4, -0.2) is 35.7 Å². The Morgan fingerprint density at radius 1 is 1.24 bits per heavy atom. The van der Waals surface area contributed by atoms with E-state index in [2.05, 4.69) is 36.1 Å². The highest BCUT2D eigenvalue weighted by atomic mass is 16.5. The number of carboxylic acids is 1. The Morgan fingerprint density at radius 3 is 2.76 bits per heavy atom. The summed E-state index contributed by atoms with van der Waals surface area (Å²) in [5.41, 5.74) is 4.59. The zero-order valence-electron chi connectivity index (χ0n) is 14.9. The van der Waals surface area contributed by atoms with Crippen molar-refractivity contribution in [2.75, 3.05) is 13.7 Å². The van der Waals surface area contributed by atoms with Gasteiger partial charge in [-0.05, 0) is 55.1 Å². The molecule has 0 aromatic heterocycles. The van der Waals surface area contributed by atoms with Crippen LogP contribution in [0.25, 0.3) is 11.1 Å². The van der Waals surface area contributed by atoms with Crippen LogP contribution in [0.2, 0.25) is 0 Å². The summed E-state index contributed by atoms with van der Waals surface area (Å²) in [7, 11) is 1.66. The second-order valence-corrected chi connectivity index (χ2v) is 6.66. The summed E-state index contributed by atoms with van der Waals surface area (Å²) >= 11 is 0. The molecule has 0 bridgehead atoms. The summed E-state index contributed by atoms with van der Waals surface area (Å²) in [4.78, 5) is 13.6. The summed E-state index contributed by atoms with van der Waals surface area (Å²) in [5.74, 6) is 0.0840. The molecule has 2 aromatic carbocycles. The van der Waals surface area contributed by atoms with Crippen LogP contribution in [0.4, 0.5) is 0 Å². The van der Waals surface area contributed by atoms with Gasteiger partial charge >= 0.3 is 5.97 Å². The van der Waals surface area contributed by atoms with Crippen molar-refractivity contribution in [3.63, 3.8) is 0 Å². The smallest absolute Gasteiger partial charge is 0.320 e. The van der Waals surface area contributed by atoms with E-state index >= 15 is 0 Å². The molecule has 1 aliphatic rings. The van der Waals surface area contributed by atoms with Gasteiger partial charge in [0.1, 0.15) is 11.8 Å². The highest BCUT2D eigenvalue weighted by molar-refractivity contribution is 5.73. The Hall–Kier alpha value is -2.33. The normalized spacial score (nSPS) is 18.1. The number of hydrogen-bond donors (Lipinski definition) is 1. The average molecular weight is 339 g/mol. The van der Waals surface area contributed by atoms with E-state index in [4.69, 9.17) is 4.74 Å². The quantitative estimate of drug-likeness (QED) is 0.891. The number of likely N-dealkylation sites (tertiary alicyclic amines) is 1. The highest BCUT2D eigenvalue weighted by Crippen LogP contribution is 2.31. The minimum absolute atomic E-state index is 0.402. The number of ether oxygens (including phenoxy) is 1. The van der Waals surface area contributed by atoms with Crippen LogP contribution in [0.15, 0.2) is 42.5 Å². The van der Waals surface area contributed by atoms with E-state index in [1.807, 2.05) is 18.2 Å². The molecule has 0 radical (unpaired) electrons. The van der Waals surface area contributed by atoms with Gasteiger partial charge in [0.15, 0.2) is 0 Å². The zero-order valence-corrected chi connectivity index (χ0v) is 14.9. The van der Waals surface area contributed by atoms with Crippen LogP contribution in [0.3, 0.4) is 0 Å². The Balaban J connectivity index is 1.93. The maximum absolute atomic E-state index is 11.6. The Morgan fingerprint density at radius 2 is 2.04 bits per heavy atom. The lowest BCUT2D eigenvalue weighted by Gasteiger charge is -2.33. The average Bonchev–Trinajstić information content (AvgIpc) is 2.62.